The fraction of sp³-hybridized carbons (Fsp3) is 0.333. The summed E-state index contributed by atoms with van der Waals surface area (Å²) in [6, 6.07) is 4.76. The number of carboxylic acid groups (broad SMARTS) is 1. The number of carboxylic acids is 1. The molecule has 0 aliphatic heterocycles. The van der Waals surface area contributed by atoms with E-state index in [4.69, 9.17) is 5.11 Å². The molecule has 5 nitrogen and oxygen atoms in total. The molecule has 1 aromatic carbocycles. The van der Waals surface area contributed by atoms with E-state index in [1.165, 1.54) is 12.1 Å². The second kappa shape index (κ2) is 6.51. The average molecular weight is 315 g/mol. The number of anilines is 1. The Labute approximate surface area is 114 Å². The number of aromatic carboxylic acids is 1. The van der Waals surface area contributed by atoms with Crippen LogP contribution in [0, 0.1) is 0 Å². The number of nitrogens with one attached hydrogen (secondary N) is 2. The predicted octanol–water partition coefficient (Wildman–Crippen LogP) is 2.08. The predicted molar refractivity (Wildman–Crippen MR) is 72.9 cm³/mol. The largest absolute Gasteiger partial charge is 0.478 e. The van der Waals surface area contributed by atoms with Crippen LogP contribution in [0.1, 0.15) is 24.2 Å². The molecule has 0 saturated carbocycles. The van der Waals surface area contributed by atoms with Crippen molar-refractivity contribution in [3.05, 3.63) is 28.2 Å². The first-order valence-corrected chi connectivity index (χ1v) is 6.25. The highest BCUT2D eigenvalue weighted by atomic mass is 79.9. The van der Waals surface area contributed by atoms with Crippen molar-refractivity contribution in [2.24, 2.45) is 0 Å². The number of hydrogen-bond donors (Lipinski definition) is 3. The summed E-state index contributed by atoms with van der Waals surface area (Å²) >= 11 is 3.20. The van der Waals surface area contributed by atoms with Gasteiger partial charge in [-0.1, -0.05) is 29.8 Å². The van der Waals surface area contributed by atoms with Crippen LogP contribution in [0.5, 0.6) is 0 Å². The topological polar surface area (TPSA) is 78.4 Å². The van der Waals surface area contributed by atoms with E-state index < -0.39 is 5.97 Å². The summed E-state index contributed by atoms with van der Waals surface area (Å²) in [7, 11) is 0. The van der Waals surface area contributed by atoms with Gasteiger partial charge in [0.05, 0.1) is 12.1 Å². The Balaban J connectivity index is 2.72. The molecule has 0 unspecified atom stereocenters. The second-order valence-electron chi connectivity index (χ2n) is 4.12. The van der Waals surface area contributed by atoms with Crippen LogP contribution in [0.25, 0.3) is 0 Å². The summed E-state index contributed by atoms with van der Waals surface area (Å²) in [6.45, 7) is 4.07. The van der Waals surface area contributed by atoms with Gasteiger partial charge in [-0.3, -0.25) is 4.79 Å². The lowest BCUT2D eigenvalue weighted by molar-refractivity contribution is -0.115. The maximum absolute atomic E-state index is 11.6. The minimum Gasteiger partial charge on any atom is -0.478 e. The van der Waals surface area contributed by atoms with E-state index in [0.29, 0.717) is 10.2 Å². The van der Waals surface area contributed by atoms with E-state index >= 15 is 0 Å². The van der Waals surface area contributed by atoms with Crippen LogP contribution in [0.3, 0.4) is 0 Å². The van der Waals surface area contributed by atoms with Gasteiger partial charge in [-0.15, -0.1) is 0 Å². The van der Waals surface area contributed by atoms with E-state index in [-0.39, 0.29) is 24.1 Å². The number of carbonyl (C=O) groups excluding carboxylic acids is 1. The standard InChI is InChI=1S/C12H15BrN2O3/c1-7(2)14-6-11(16)15-10-4-8(12(17)18)3-9(13)5-10/h3-5,7,14H,6H2,1-2H3,(H,15,16)(H,17,18). The summed E-state index contributed by atoms with van der Waals surface area (Å²) in [5.41, 5.74) is 0.578. The van der Waals surface area contributed by atoms with Crippen molar-refractivity contribution < 1.29 is 14.7 Å². The third kappa shape index (κ3) is 4.85. The molecule has 98 valence electrons. The lowest BCUT2D eigenvalue weighted by atomic mass is 10.2. The lowest BCUT2D eigenvalue weighted by Gasteiger charge is -2.09. The van der Waals surface area contributed by atoms with Gasteiger partial charge >= 0.3 is 5.97 Å². The molecule has 18 heavy (non-hydrogen) atoms. The number of amides is 1. The quantitative estimate of drug-likeness (QED) is 0.777. The molecule has 0 aromatic heterocycles. The summed E-state index contributed by atoms with van der Waals surface area (Å²) < 4.78 is 0.606. The van der Waals surface area contributed by atoms with Gasteiger partial charge in [-0.25, -0.2) is 4.79 Å². The summed E-state index contributed by atoms with van der Waals surface area (Å²) in [5.74, 6) is -1.25. The molecule has 1 rings (SSSR count). The smallest absolute Gasteiger partial charge is 0.335 e. The van der Waals surface area contributed by atoms with E-state index in [1.54, 1.807) is 6.07 Å². The van der Waals surface area contributed by atoms with E-state index in [0.717, 1.165) is 0 Å². The number of rotatable bonds is 5. The second-order valence-corrected chi connectivity index (χ2v) is 5.03. The van der Waals surface area contributed by atoms with Crippen molar-refractivity contribution in [2.75, 3.05) is 11.9 Å². The molecule has 0 radical (unpaired) electrons. The third-order valence-electron chi connectivity index (χ3n) is 2.10. The Morgan fingerprint density at radius 2 is 2.00 bits per heavy atom. The van der Waals surface area contributed by atoms with Crippen molar-refractivity contribution in [3.63, 3.8) is 0 Å². The monoisotopic (exact) mass is 314 g/mol. The summed E-state index contributed by atoms with van der Waals surface area (Å²) in [5, 5.41) is 14.5. The Morgan fingerprint density at radius 1 is 1.33 bits per heavy atom. The molecule has 6 heteroatoms. The first-order chi connectivity index (χ1) is 8.38. The van der Waals surface area contributed by atoms with Gasteiger partial charge < -0.3 is 15.7 Å². The number of halogens is 1. The van der Waals surface area contributed by atoms with Crippen LogP contribution in [0.4, 0.5) is 5.69 Å². The highest BCUT2D eigenvalue weighted by Gasteiger charge is 2.08. The molecule has 0 aliphatic carbocycles. The van der Waals surface area contributed by atoms with Crippen molar-refractivity contribution in [2.45, 2.75) is 19.9 Å². The number of carbonyl (C=O) groups is 2. The van der Waals surface area contributed by atoms with Gasteiger partial charge in [0.1, 0.15) is 0 Å². The first-order valence-electron chi connectivity index (χ1n) is 5.45. The minimum absolute atomic E-state index is 0.122. The number of hydrogen-bond acceptors (Lipinski definition) is 3. The van der Waals surface area contributed by atoms with Gasteiger partial charge in [0, 0.05) is 16.2 Å². The van der Waals surface area contributed by atoms with Gasteiger partial charge in [-0.2, -0.15) is 0 Å². The SMILES string of the molecule is CC(C)NCC(=O)Nc1cc(Br)cc(C(=O)O)c1. The maximum Gasteiger partial charge on any atom is 0.335 e. The molecule has 0 atom stereocenters. The molecule has 0 heterocycles. The van der Waals surface area contributed by atoms with Crippen LogP contribution in [-0.4, -0.2) is 29.6 Å². The molecule has 0 spiro atoms. The fourth-order valence-corrected chi connectivity index (χ4v) is 1.78. The van der Waals surface area contributed by atoms with Gasteiger partial charge in [-0.05, 0) is 18.2 Å². The molecule has 0 aliphatic rings. The van der Waals surface area contributed by atoms with E-state index in [1.807, 2.05) is 13.8 Å². The normalized spacial score (nSPS) is 10.4. The summed E-state index contributed by atoms with van der Waals surface area (Å²) in [4.78, 5) is 22.4. The first kappa shape index (κ1) is 14.7. The summed E-state index contributed by atoms with van der Waals surface area (Å²) in [6.07, 6.45) is 0. The number of benzene rings is 1. The molecule has 3 N–H and O–H groups in total. The van der Waals surface area contributed by atoms with E-state index in [9.17, 15) is 9.59 Å². The van der Waals surface area contributed by atoms with Crippen molar-refractivity contribution in [1.29, 1.82) is 0 Å². The molecule has 1 amide bonds. The molecule has 0 saturated heterocycles. The minimum atomic E-state index is -1.04. The molecular formula is C12H15BrN2O3. The molecule has 0 bridgehead atoms. The zero-order valence-corrected chi connectivity index (χ0v) is 11.7. The van der Waals surface area contributed by atoms with Crippen LogP contribution >= 0.6 is 15.9 Å². The highest BCUT2D eigenvalue weighted by molar-refractivity contribution is 9.10. The molecular weight excluding hydrogens is 300 g/mol. The van der Waals surface area contributed by atoms with Gasteiger partial charge in [0.2, 0.25) is 5.91 Å². The molecule has 1 aromatic rings. The van der Waals surface area contributed by atoms with E-state index in [2.05, 4.69) is 26.6 Å². The van der Waals surface area contributed by atoms with Crippen LogP contribution in [0.2, 0.25) is 0 Å². The van der Waals surface area contributed by atoms with Crippen LogP contribution in [-0.2, 0) is 4.79 Å². The van der Waals surface area contributed by atoms with Crippen LogP contribution < -0.4 is 10.6 Å². The van der Waals surface area contributed by atoms with Crippen molar-refractivity contribution in [1.82, 2.24) is 5.32 Å². The van der Waals surface area contributed by atoms with Crippen molar-refractivity contribution in [3.8, 4) is 0 Å². The Kier molecular flexibility index (Phi) is 5.30. The van der Waals surface area contributed by atoms with Gasteiger partial charge in [0.25, 0.3) is 0 Å². The zero-order valence-electron chi connectivity index (χ0n) is 10.2. The Bertz CT molecular complexity index is 461. The third-order valence-corrected chi connectivity index (χ3v) is 2.56. The Morgan fingerprint density at radius 3 is 2.56 bits per heavy atom. The average Bonchev–Trinajstić information content (AvgIpc) is 2.25. The van der Waals surface area contributed by atoms with Crippen molar-refractivity contribution >= 4 is 33.5 Å². The molecule has 0 fully saturated rings. The maximum atomic E-state index is 11.6. The zero-order chi connectivity index (χ0) is 13.7. The lowest BCUT2D eigenvalue weighted by Crippen LogP contribution is -2.32. The highest BCUT2D eigenvalue weighted by Crippen LogP contribution is 2.19. The Hall–Kier alpha value is -1.40. The fourth-order valence-electron chi connectivity index (χ4n) is 1.29. The van der Waals surface area contributed by atoms with Gasteiger partial charge in [0.15, 0.2) is 0 Å². The van der Waals surface area contributed by atoms with Crippen LogP contribution in [0.15, 0.2) is 22.7 Å².